The van der Waals surface area contributed by atoms with E-state index in [1.165, 1.54) is 5.56 Å². The standard InChI is InChI=1S/C25H27N3O3/c1-4-31-22-12-10-21(11-13-22)28-25(30)19-6-8-20(9-7-19)27-24(29)16-26-23-14-5-17(2)15-18(23)3/h5-15,26H,4,16H2,1-3H3,(H,27,29)(H,28,30). The van der Waals surface area contributed by atoms with Crippen molar-refractivity contribution in [2.75, 3.05) is 29.1 Å². The van der Waals surface area contributed by atoms with Gasteiger partial charge in [0, 0.05) is 22.6 Å². The van der Waals surface area contributed by atoms with Crippen molar-refractivity contribution in [3.05, 3.63) is 83.4 Å². The summed E-state index contributed by atoms with van der Waals surface area (Å²) in [6, 6.07) is 20.0. The zero-order valence-electron chi connectivity index (χ0n) is 18.0. The second-order valence-electron chi connectivity index (χ2n) is 7.21. The SMILES string of the molecule is CCOc1ccc(NC(=O)c2ccc(NC(=O)CNc3ccc(C)cc3C)cc2)cc1. The maximum atomic E-state index is 12.4. The van der Waals surface area contributed by atoms with E-state index in [0.717, 1.165) is 17.0 Å². The summed E-state index contributed by atoms with van der Waals surface area (Å²) in [4.78, 5) is 24.7. The van der Waals surface area contributed by atoms with Gasteiger partial charge in [0.05, 0.1) is 13.2 Å². The predicted octanol–water partition coefficient (Wildman–Crippen LogP) is 5.01. The summed E-state index contributed by atoms with van der Waals surface area (Å²) in [7, 11) is 0. The molecule has 3 aromatic rings. The number of hydrogen-bond acceptors (Lipinski definition) is 4. The Hall–Kier alpha value is -3.80. The largest absolute Gasteiger partial charge is 0.494 e. The summed E-state index contributed by atoms with van der Waals surface area (Å²) in [6.45, 7) is 6.71. The highest BCUT2D eigenvalue weighted by Crippen LogP contribution is 2.18. The van der Waals surface area contributed by atoms with Gasteiger partial charge >= 0.3 is 0 Å². The third kappa shape index (κ3) is 6.34. The summed E-state index contributed by atoms with van der Waals surface area (Å²) in [6.07, 6.45) is 0. The molecular formula is C25H27N3O3. The molecular weight excluding hydrogens is 390 g/mol. The van der Waals surface area contributed by atoms with E-state index in [1.54, 1.807) is 36.4 Å². The summed E-state index contributed by atoms with van der Waals surface area (Å²) in [5, 5.41) is 8.82. The van der Waals surface area contributed by atoms with E-state index in [0.29, 0.717) is 23.5 Å². The lowest BCUT2D eigenvalue weighted by Crippen LogP contribution is -2.22. The van der Waals surface area contributed by atoms with E-state index in [2.05, 4.69) is 22.0 Å². The Morgan fingerprint density at radius 1 is 0.839 bits per heavy atom. The van der Waals surface area contributed by atoms with Gasteiger partial charge in [-0.2, -0.15) is 0 Å². The molecule has 0 atom stereocenters. The van der Waals surface area contributed by atoms with Crippen LogP contribution < -0.4 is 20.7 Å². The molecule has 31 heavy (non-hydrogen) atoms. The molecule has 0 radical (unpaired) electrons. The van der Waals surface area contributed by atoms with Gasteiger partial charge in [-0.25, -0.2) is 0 Å². The van der Waals surface area contributed by atoms with Gasteiger partial charge in [-0.1, -0.05) is 17.7 Å². The van der Waals surface area contributed by atoms with Gasteiger partial charge in [0.2, 0.25) is 5.91 Å². The predicted molar refractivity (Wildman–Crippen MR) is 125 cm³/mol. The lowest BCUT2D eigenvalue weighted by molar-refractivity contribution is -0.114. The first-order valence-corrected chi connectivity index (χ1v) is 10.2. The van der Waals surface area contributed by atoms with Crippen LogP contribution in [-0.4, -0.2) is 25.0 Å². The van der Waals surface area contributed by atoms with Crippen LogP contribution >= 0.6 is 0 Å². The number of anilines is 3. The number of nitrogens with one attached hydrogen (secondary N) is 3. The fourth-order valence-electron chi connectivity index (χ4n) is 3.10. The monoisotopic (exact) mass is 417 g/mol. The molecule has 0 saturated heterocycles. The molecule has 2 amide bonds. The van der Waals surface area contributed by atoms with E-state index < -0.39 is 0 Å². The van der Waals surface area contributed by atoms with Gasteiger partial charge in [-0.3, -0.25) is 9.59 Å². The fourth-order valence-corrected chi connectivity index (χ4v) is 3.10. The molecule has 3 N–H and O–H groups in total. The Balaban J connectivity index is 1.51. The van der Waals surface area contributed by atoms with Crippen molar-refractivity contribution in [1.82, 2.24) is 0 Å². The van der Waals surface area contributed by atoms with Gasteiger partial charge in [-0.05, 0) is 80.9 Å². The van der Waals surface area contributed by atoms with Gasteiger partial charge in [0.15, 0.2) is 0 Å². The third-order valence-electron chi connectivity index (χ3n) is 4.68. The topological polar surface area (TPSA) is 79.5 Å². The number of carbonyl (C=O) groups excluding carboxylic acids is 2. The lowest BCUT2D eigenvalue weighted by atomic mass is 10.1. The molecule has 0 aliphatic carbocycles. The van der Waals surface area contributed by atoms with Gasteiger partial charge in [-0.15, -0.1) is 0 Å². The van der Waals surface area contributed by atoms with Crippen LogP contribution in [-0.2, 0) is 4.79 Å². The zero-order chi connectivity index (χ0) is 22.2. The molecule has 0 bridgehead atoms. The van der Waals surface area contributed by atoms with Gasteiger partial charge in [0.1, 0.15) is 5.75 Å². The second-order valence-corrected chi connectivity index (χ2v) is 7.21. The van der Waals surface area contributed by atoms with Crippen molar-refractivity contribution in [2.24, 2.45) is 0 Å². The number of ether oxygens (including phenoxy) is 1. The molecule has 0 saturated carbocycles. The molecule has 0 spiro atoms. The smallest absolute Gasteiger partial charge is 0.255 e. The first kappa shape index (κ1) is 21.9. The minimum atomic E-state index is -0.224. The molecule has 0 fully saturated rings. The highest BCUT2D eigenvalue weighted by Gasteiger charge is 2.08. The number of amides is 2. The van der Waals surface area contributed by atoms with E-state index in [4.69, 9.17) is 4.74 Å². The Morgan fingerprint density at radius 3 is 2.13 bits per heavy atom. The summed E-state index contributed by atoms with van der Waals surface area (Å²) in [5.74, 6) is 0.373. The van der Waals surface area contributed by atoms with Crippen molar-refractivity contribution in [1.29, 1.82) is 0 Å². The summed E-state index contributed by atoms with van der Waals surface area (Å²) >= 11 is 0. The fraction of sp³-hybridized carbons (Fsp3) is 0.200. The molecule has 0 unspecified atom stereocenters. The average molecular weight is 418 g/mol. The first-order valence-electron chi connectivity index (χ1n) is 10.2. The van der Waals surface area contributed by atoms with Crippen molar-refractivity contribution < 1.29 is 14.3 Å². The molecule has 0 heterocycles. The van der Waals surface area contributed by atoms with Gasteiger partial charge in [0.25, 0.3) is 5.91 Å². The summed E-state index contributed by atoms with van der Waals surface area (Å²) < 4.78 is 5.40. The van der Waals surface area contributed by atoms with Gasteiger partial charge < -0.3 is 20.7 Å². The highest BCUT2D eigenvalue weighted by atomic mass is 16.5. The molecule has 0 aromatic heterocycles. The third-order valence-corrected chi connectivity index (χ3v) is 4.68. The van der Waals surface area contributed by atoms with Crippen LogP contribution in [0.15, 0.2) is 66.7 Å². The van der Waals surface area contributed by atoms with E-state index in [9.17, 15) is 9.59 Å². The number of aryl methyl sites for hydroxylation is 2. The molecule has 0 aliphatic rings. The van der Waals surface area contributed by atoms with E-state index in [-0.39, 0.29) is 18.4 Å². The first-order chi connectivity index (χ1) is 14.9. The van der Waals surface area contributed by atoms with Crippen LogP contribution in [0.1, 0.15) is 28.4 Å². The van der Waals surface area contributed by atoms with Crippen LogP contribution in [0.5, 0.6) is 5.75 Å². The van der Waals surface area contributed by atoms with Crippen molar-refractivity contribution >= 4 is 28.9 Å². The molecule has 0 aliphatic heterocycles. The van der Waals surface area contributed by atoms with Crippen molar-refractivity contribution in [3.63, 3.8) is 0 Å². The lowest BCUT2D eigenvalue weighted by Gasteiger charge is -2.11. The molecule has 6 nitrogen and oxygen atoms in total. The zero-order valence-corrected chi connectivity index (χ0v) is 18.0. The normalized spacial score (nSPS) is 10.3. The molecule has 3 aromatic carbocycles. The minimum Gasteiger partial charge on any atom is -0.494 e. The Labute approximate surface area is 182 Å². The molecule has 160 valence electrons. The van der Waals surface area contributed by atoms with Crippen LogP contribution in [0.25, 0.3) is 0 Å². The minimum absolute atomic E-state index is 0.157. The Kier molecular flexibility index (Phi) is 7.27. The van der Waals surface area contributed by atoms with Crippen LogP contribution in [0.3, 0.4) is 0 Å². The molecule has 6 heteroatoms. The Bertz CT molecular complexity index is 1040. The average Bonchev–Trinajstić information content (AvgIpc) is 2.75. The maximum Gasteiger partial charge on any atom is 0.255 e. The van der Waals surface area contributed by atoms with Crippen LogP contribution in [0, 0.1) is 13.8 Å². The number of carbonyl (C=O) groups is 2. The summed E-state index contributed by atoms with van der Waals surface area (Å²) in [5.41, 5.74) is 5.02. The highest BCUT2D eigenvalue weighted by molar-refractivity contribution is 6.04. The number of hydrogen-bond donors (Lipinski definition) is 3. The number of benzene rings is 3. The van der Waals surface area contributed by atoms with E-state index >= 15 is 0 Å². The number of rotatable bonds is 8. The second kappa shape index (κ2) is 10.3. The van der Waals surface area contributed by atoms with E-state index in [1.807, 2.05) is 45.0 Å². The van der Waals surface area contributed by atoms with Crippen LogP contribution in [0.2, 0.25) is 0 Å². The quantitative estimate of drug-likeness (QED) is 0.482. The molecule has 3 rings (SSSR count). The van der Waals surface area contributed by atoms with Crippen LogP contribution in [0.4, 0.5) is 17.1 Å². The Morgan fingerprint density at radius 2 is 1.48 bits per heavy atom. The van der Waals surface area contributed by atoms with Crippen molar-refractivity contribution in [2.45, 2.75) is 20.8 Å². The maximum absolute atomic E-state index is 12.4. The van der Waals surface area contributed by atoms with Crippen molar-refractivity contribution in [3.8, 4) is 5.75 Å².